The molecule has 0 aliphatic carbocycles. The van der Waals surface area contributed by atoms with Gasteiger partial charge in [-0.2, -0.15) is 0 Å². The molecule has 1 heterocycles. The van der Waals surface area contributed by atoms with Gasteiger partial charge in [-0.15, -0.1) is 0 Å². The van der Waals surface area contributed by atoms with Gasteiger partial charge < -0.3 is 14.6 Å². The van der Waals surface area contributed by atoms with Gasteiger partial charge in [-0.3, -0.25) is 0 Å². The molecule has 1 N–H and O–H groups in total. The molecular weight excluding hydrogens is 250 g/mol. The first-order valence-electron chi connectivity index (χ1n) is 7.18. The molecule has 0 radical (unpaired) electrons. The highest BCUT2D eigenvalue weighted by Gasteiger charge is 2.03. The Kier molecular flexibility index (Phi) is 5.47. The van der Waals surface area contributed by atoms with Gasteiger partial charge in [0.05, 0.1) is 6.61 Å². The molecule has 0 fully saturated rings. The number of hydrogen-bond acceptors (Lipinski definition) is 3. The molecule has 2 rings (SSSR count). The second-order valence-corrected chi connectivity index (χ2v) is 5.23. The van der Waals surface area contributed by atoms with E-state index in [2.05, 4.69) is 28.7 Å². The molecule has 1 aromatic heterocycles. The monoisotopic (exact) mass is 273 g/mol. The molecule has 0 unspecified atom stereocenters. The maximum absolute atomic E-state index is 5.69. The molecule has 0 atom stereocenters. The average molecular weight is 273 g/mol. The highest BCUT2D eigenvalue weighted by atomic mass is 16.5. The third-order valence-corrected chi connectivity index (χ3v) is 2.94. The van der Waals surface area contributed by atoms with Crippen LogP contribution in [0.1, 0.15) is 20.3 Å². The highest BCUT2D eigenvalue weighted by Crippen LogP contribution is 2.10. The number of ether oxygens (including phenoxy) is 1. The zero-order chi connectivity index (χ0) is 14.2. The van der Waals surface area contributed by atoms with Crippen molar-refractivity contribution in [2.45, 2.75) is 26.8 Å². The number of nitrogens with one attached hydrogen (secondary N) is 1. The van der Waals surface area contributed by atoms with Crippen LogP contribution >= 0.6 is 0 Å². The first-order valence-corrected chi connectivity index (χ1v) is 7.18. The molecule has 1 aromatic carbocycles. The lowest BCUT2D eigenvalue weighted by molar-refractivity contribution is 0.302. The number of para-hydroxylation sites is 1. The maximum Gasteiger partial charge on any atom is 0.202 e. The number of anilines is 1. The summed E-state index contributed by atoms with van der Waals surface area (Å²) in [5.74, 6) is 2.48. The van der Waals surface area contributed by atoms with E-state index < -0.39 is 0 Å². The number of aryl methyl sites for hydroxylation is 1. The Morgan fingerprint density at radius 1 is 1.25 bits per heavy atom. The van der Waals surface area contributed by atoms with Crippen LogP contribution in [0.25, 0.3) is 0 Å². The Balaban J connectivity index is 1.73. The normalized spacial score (nSPS) is 10.8. The lowest BCUT2D eigenvalue weighted by atomic mass is 10.2. The molecule has 0 amide bonds. The minimum Gasteiger partial charge on any atom is -0.494 e. The van der Waals surface area contributed by atoms with Crippen molar-refractivity contribution in [2.75, 3.05) is 18.5 Å². The summed E-state index contributed by atoms with van der Waals surface area (Å²) in [6, 6.07) is 9.92. The van der Waals surface area contributed by atoms with Crippen molar-refractivity contribution in [2.24, 2.45) is 5.92 Å². The molecule has 0 spiro atoms. The van der Waals surface area contributed by atoms with E-state index >= 15 is 0 Å². The average Bonchev–Trinajstić information content (AvgIpc) is 2.90. The van der Waals surface area contributed by atoms with Gasteiger partial charge in [-0.05, 0) is 24.5 Å². The molecule has 4 nitrogen and oxygen atoms in total. The summed E-state index contributed by atoms with van der Waals surface area (Å²) in [7, 11) is 0. The standard InChI is InChI=1S/C16H23N3O/c1-14(2)13-18-16-17-9-11-19(16)10-6-12-20-15-7-4-3-5-8-15/h3-5,7-9,11,14H,6,10,12-13H2,1-2H3,(H,17,18). The fourth-order valence-electron chi connectivity index (χ4n) is 1.89. The van der Waals surface area contributed by atoms with Crippen LogP contribution in [0.3, 0.4) is 0 Å². The van der Waals surface area contributed by atoms with Crippen molar-refractivity contribution in [1.29, 1.82) is 0 Å². The molecule has 0 saturated carbocycles. The lowest BCUT2D eigenvalue weighted by Gasteiger charge is -2.11. The third-order valence-electron chi connectivity index (χ3n) is 2.94. The summed E-state index contributed by atoms with van der Waals surface area (Å²) in [5, 5.41) is 3.36. The van der Waals surface area contributed by atoms with Crippen LogP contribution in [-0.2, 0) is 6.54 Å². The molecule has 4 heteroatoms. The van der Waals surface area contributed by atoms with Crippen molar-refractivity contribution in [3.05, 3.63) is 42.7 Å². The second-order valence-electron chi connectivity index (χ2n) is 5.23. The quantitative estimate of drug-likeness (QED) is 0.749. The smallest absolute Gasteiger partial charge is 0.202 e. The van der Waals surface area contributed by atoms with Crippen LogP contribution < -0.4 is 10.1 Å². The van der Waals surface area contributed by atoms with E-state index in [1.165, 1.54) is 0 Å². The SMILES string of the molecule is CC(C)CNc1nccn1CCCOc1ccccc1. The van der Waals surface area contributed by atoms with Gasteiger partial charge in [0.2, 0.25) is 5.95 Å². The molecule has 108 valence electrons. The minimum atomic E-state index is 0.613. The predicted molar refractivity (Wildman–Crippen MR) is 82.1 cm³/mol. The van der Waals surface area contributed by atoms with Gasteiger partial charge >= 0.3 is 0 Å². The number of aromatic nitrogens is 2. The van der Waals surface area contributed by atoms with Crippen molar-refractivity contribution in [3.63, 3.8) is 0 Å². The fourth-order valence-corrected chi connectivity index (χ4v) is 1.89. The van der Waals surface area contributed by atoms with E-state index in [-0.39, 0.29) is 0 Å². The Morgan fingerprint density at radius 2 is 2.05 bits per heavy atom. The molecular formula is C16H23N3O. The van der Waals surface area contributed by atoms with Crippen molar-refractivity contribution < 1.29 is 4.74 Å². The Labute approximate surface area is 120 Å². The molecule has 0 aliphatic rings. The first-order chi connectivity index (χ1) is 9.75. The Morgan fingerprint density at radius 3 is 2.80 bits per heavy atom. The van der Waals surface area contributed by atoms with Crippen LogP contribution in [0.2, 0.25) is 0 Å². The molecule has 0 bridgehead atoms. The number of imidazole rings is 1. The zero-order valence-electron chi connectivity index (χ0n) is 12.2. The molecule has 2 aromatic rings. The lowest BCUT2D eigenvalue weighted by Crippen LogP contribution is -2.13. The van der Waals surface area contributed by atoms with Crippen LogP contribution in [0.5, 0.6) is 5.75 Å². The summed E-state index contributed by atoms with van der Waals surface area (Å²) in [5.41, 5.74) is 0. The number of benzene rings is 1. The van der Waals surface area contributed by atoms with Crippen LogP contribution in [0.4, 0.5) is 5.95 Å². The maximum atomic E-state index is 5.69. The van der Waals surface area contributed by atoms with Gasteiger partial charge in [0, 0.05) is 25.5 Å². The van der Waals surface area contributed by atoms with E-state index in [1.54, 1.807) is 0 Å². The number of hydrogen-bond donors (Lipinski definition) is 1. The summed E-state index contributed by atoms with van der Waals surface area (Å²) in [4.78, 5) is 4.34. The topological polar surface area (TPSA) is 39.1 Å². The summed E-state index contributed by atoms with van der Waals surface area (Å²) >= 11 is 0. The summed E-state index contributed by atoms with van der Waals surface area (Å²) < 4.78 is 7.82. The third kappa shape index (κ3) is 4.61. The number of rotatable bonds is 8. The Bertz CT molecular complexity index is 493. The minimum absolute atomic E-state index is 0.613. The van der Waals surface area contributed by atoms with Crippen molar-refractivity contribution >= 4 is 5.95 Å². The van der Waals surface area contributed by atoms with Gasteiger partial charge in [0.25, 0.3) is 0 Å². The first kappa shape index (κ1) is 14.4. The van der Waals surface area contributed by atoms with Gasteiger partial charge in [-0.25, -0.2) is 4.98 Å². The second kappa shape index (κ2) is 7.58. The summed E-state index contributed by atoms with van der Waals surface area (Å²) in [6.45, 7) is 6.94. The van der Waals surface area contributed by atoms with Gasteiger partial charge in [0.1, 0.15) is 5.75 Å². The zero-order valence-corrected chi connectivity index (χ0v) is 12.2. The molecule has 0 saturated heterocycles. The van der Waals surface area contributed by atoms with E-state index in [1.807, 2.05) is 42.7 Å². The van der Waals surface area contributed by atoms with Crippen LogP contribution in [-0.4, -0.2) is 22.7 Å². The van der Waals surface area contributed by atoms with E-state index in [9.17, 15) is 0 Å². The number of nitrogens with zero attached hydrogens (tertiary/aromatic N) is 2. The summed E-state index contributed by atoms with van der Waals surface area (Å²) in [6.07, 6.45) is 4.80. The van der Waals surface area contributed by atoms with E-state index in [0.29, 0.717) is 12.5 Å². The van der Waals surface area contributed by atoms with E-state index in [0.717, 1.165) is 31.2 Å². The van der Waals surface area contributed by atoms with Gasteiger partial charge in [0.15, 0.2) is 0 Å². The van der Waals surface area contributed by atoms with Gasteiger partial charge in [-0.1, -0.05) is 32.0 Å². The van der Waals surface area contributed by atoms with E-state index in [4.69, 9.17) is 4.74 Å². The van der Waals surface area contributed by atoms with Crippen LogP contribution in [0.15, 0.2) is 42.7 Å². The van der Waals surface area contributed by atoms with Crippen LogP contribution in [0, 0.1) is 5.92 Å². The Hall–Kier alpha value is -1.97. The molecule has 0 aliphatic heterocycles. The van der Waals surface area contributed by atoms with Crippen molar-refractivity contribution in [3.8, 4) is 5.75 Å². The largest absolute Gasteiger partial charge is 0.494 e. The molecule has 20 heavy (non-hydrogen) atoms. The highest BCUT2D eigenvalue weighted by molar-refractivity contribution is 5.25. The predicted octanol–water partition coefficient (Wildman–Crippen LogP) is 3.42. The van der Waals surface area contributed by atoms with Crippen molar-refractivity contribution in [1.82, 2.24) is 9.55 Å². The fraction of sp³-hybridized carbons (Fsp3) is 0.438.